The van der Waals surface area contributed by atoms with E-state index in [-0.39, 0.29) is 22.6 Å². The maximum atomic E-state index is 12.5. The number of nitro benzene ring substituents is 1. The summed E-state index contributed by atoms with van der Waals surface area (Å²) < 4.78 is 1.68. The first-order valence-electron chi connectivity index (χ1n) is 8.67. The molecule has 0 radical (unpaired) electrons. The first-order valence-corrected chi connectivity index (χ1v) is 9.49. The van der Waals surface area contributed by atoms with Gasteiger partial charge in [-0.15, -0.1) is 10.2 Å². The Morgan fingerprint density at radius 3 is 2.81 bits per heavy atom. The maximum Gasteiger partial charge on any atom is 0.284 e. The normalized spacial score (nSPS) is 16.1. The number of carbonyl (C=O) groups is 1. The Balaban J connectivity index is 1.74. The minimum atomic E-state index is -0.483. The van der Waals surface area contributed by atoms with Crippen LogP contribution in [0.15, 0.2) is 34.6 Å². The molecule has 2 heterocycles. The maximum absolute atomic E-state index is 12.5. The molecule has 1 aliphatic heterocycles. The van der Waals surface area contributed by atoms with Gasteiger partial charge in [0.1, 0.15) is 6.33 Å². The summed E-state index contributed by atoms with van der Waals surface area (Å²) in [5, 5.41) is 25.9. The summed E-state index contributed by atoms with van der Waals surface area (Å²) in [7, 11) is 1.76. The quantitative estimate of drug-likeness (QED) is 0.572. The number of hydrogen-bond donors (Lipinski definition) is 2. The van der Waals surface area contributed by atoms with E-state index < -0.39 is 4.92 Å². The lowest BCUT2D eigenvalue weighted by molar-refractivity contribution is -0.387. The highest BCUT2D eigenvalue weighted by molar-refractivity contribution is 7.99. The van der Waals surface area contributed by atoms with Gasteiger partial charge in [-0.2, -0.15) is 0 Å². The van der Waals surface area contributed by atoms with Gasteiger partial charge < -0.3 is 15.2 Å². The zero-order valence-corrected chi connectivity index (χ0v) is 16.1. The number of rotatable bonds is 6. The van der Waals surface area contributed by atoms with Gasteiger partial charge in [-0.3, -0.25) is 14.9 Å². The van der Waals surface area contributed by atoms with E-state index in [1.807, 2.05) is 0 Å². The van der Waals surface area contributed by atoms with Gasteiger partial charge in [0, 0.05) is 25.2 Å². The Kier molecular flexibility index (Phi) is 5.76. The second-order valence-corrected chi connectivity index (χ2v) is 8.02. The third-order valence-corrected chi connectivity index (χ3v) is 5.89. The lowest BCUT2D eigenvalue weighted by atomic mass is 9.81. The number of piperidine rings is 1. The standard InChI is InChI=1S/C17H22N6O3S/c1-17(5-7-18-8-6-17)10-19-15(24)12-3-4-14(13(9-12)23(25)26)27-16-21-20-11-22(16)2/h3-4,9,11,18H,5-8,10H2,1-2H3,(H,19,24). The molecule has 1 fully saturated rings. The van der Waals surface area contributed by atoms with Crippen LogP contribution in [-0.2, 0) is 7.05 Å². The van der Waals surface area contributed by atoms with Crippen molar-refractivity contribution in [1.82, 2.24) is 25.4 Å². The highest BCUT2D eigenvalue weighted by atomic mass is 32.2. The smallest absolute Gasteiger partial charge is 0.284 e. The van der Waals surface area contributed by atoms with Crippen LogP contribution in [0.1, 0.15) is 30.1 Å². The third kappa shape index (κ3) is 4.64. The van der Waals surface area contributed by atoms with Gasteiger partial charge in [0.15, 0.2) is 5.16 Å². The number of benzene rings is 1. The Bertz CT molecular complexity index is 847. The van der Waals surface area contributed by atoms with Crippen LogP contribution in [-0.4, -0.2) is 45.2 Å². The molecule has 2 aromatic rings. The van der Waals surface area contributed by atoms with Crippen molar-refractivity contribution in [3.8, 4) is 0 Å². The molecule has 0 atom stereocenters. The first kappa shape index (κ1) is 19.3. The summed E-state index contributed by atoms with van der Waals surface area (Å²) in [6.07, 6.45) is 3.50. The molecular formula is C17H22N6O3S. The van der Waals surface area contributed by atoms with Crippen molar-refractivity contribution in [1.29, 1.82) is 0 Å². The minimum absolute atomic E-state index is 0.0494. The molecule has 0 spiro atoms. The number of nitro groups is 1. The summed E-state index contributed by atoms with van der Waals surface area (Å²) in [6.45, 7) is 4.57. The van der Waals surface area contributed by atoms with Crippen molar-refractivity contribution in [3.63, 3.8) is 0 Å². The molecule has 2 N–H and O–H groups in total. The summed E-state index contributed by atoms with van der Waals surface area (Å²) >= 11 is 1.14. The Morgan fingerprint density at radius 1 is 1.44 bits per heavy atom. The molecule has 0 unspecified atom stereocenters. The highest BCUT2D eigenvalue weighted by Gasteiger charge is 2.27. The van der Waals surface area contributed by atoms with E-state index in [2.05, 4.69) is 27.8 Å². The zero-order valence-electron chi connectivity index (χ0n) is 15.3. The van der Waals surface area contributed by atoms with Crippen molar-refractivity contribution >= 4 is 23.4 Å². The predicted molar refractivity (Wildman–Crippen MR) is 101 cm³/mol. The fourth-order valence-electron chi connectivity index (χ4n) is 2.95. The molecule has 0 saturated carbocycles. The summed E-state index contributed by atoms with van der Waals surface area (Å²) in [5.74, 6) is -0.298. The van der Waals surface area contributed by atoms with Crippen LogP contribution in [0.4, 0.5) is 5.69 Å². The molecule has 1 aliphatic rings. The van der Waals surface area contributed by atoms with Crippen molar-refractivity contribution in [2.45, 2.75) is 29.8 Å². The molecular weight excluding hydrogens is 368 g/mol. The summed E-state index contributed by atoms with van der Waals surface area (Å²) in [4.78, 5) is 23.9. The second kappa shape index (κ2) is 8.05. The van der Waals surface area contributed by atoms with Gasteiger partial charge in [0.25, 0.3) is 11.6 Å². The molecule has 9 nitrogen and oxygen atoms in total. The van der Waals surface area contributed by atoms with Crippen molar-refractivity contribution in [3.05, 3.63) is 40.2 Å². The summed E-state index contributed by atoms with van der Waals surface area (Å²) in [6, 6.07) is 4.50. The molecule has 10 heteroatoms. The van der Waals surface area contributed by atoms with E-state index in [1.165, 1.54) is 12.4 Å². The highest BCUT2D eigenvalue weighted by Crippen LogP contribution is 2.34. The van der Waals surface area contributed by atoms with Crippen molar-refractivity contribution in [2.75, 3.05) is 19.6 Å². The van der Waals surface area contributed by atoms with E-state index in [9.17, 15) is 14.9 Å². The molecule has 3 rings (SSSR count). The van der Waals surface area contributed by atoms with Crippen LogP contribution < -0.4 is 10.6 Å². The molecule has 1 aromatic heterocycles. The van der Waals surface area contributed by atoms with E-state index in [4.69, 9.17) is 0 Å². The molecule has 1 amide bonds. The van der Waals surface area contributed by atoms with Gasteiger partial charge in [0.2, 0.25) is 0 Å². The number of aryl methyl sites for hydroxylation is 1. The van der Waals surface area contributed by atoms with Crippen LogP contribution in [0.25, 0.3) is 0 Å². The van der Waals surface area contributed by atoms with E-state index >= 15 is 0 Å². The van der Waals surface area contributed by atoms with E-state index in [0.29, 0.717) is 16.6 Å². The fraction of sp³-hybridized carbons (Fsp3) is 0.471. The zero-order chi connectivity index (χ0) is 19.4. The first-order chi connectivity index (χ1) is 12.9. The van der Waals surface area contributed by atoms with Crippen LogP contribution in [0.3, 0.4) is 0 Å². The molecule has 0 aliphatic carbocycles. The SMILES string of the molecule is Cn1cnnc1Sc1ccc(C(=O)NCC2(C)CCNCC2)cc1[N+](=O)[O-]. The number of carbonyl (C=O) groups excluding carboxylic acids is 1. The molecule has 144 valence electrons. The van der Waals surface area contributed by atoms with Gasteiger partial charge in [0.05, 0.1) is 9.82 Å². The average molecular weight is 390 g/mol. The van der Waals surface area contributed by atoms with E-state index in [1.54, 1.807) is 23.7 Å². The monoisotopic (exact) mass is 390 g/mol. The number of hydrogen-bond acceptors (Lipinski definition) is 7. The molecule has 1 saturated heterocycles. The molecule has 0 bridgehead atoms. The minimum Gasteiger partial charge on any atom is -0.351 e. The number of nitrogens with zero attached hydrogens (tertiary/aromatic N) is 4. The topological polar surface area (TPSA) is 115 Å². The van der Waals surface area contributed by atoms with Crippen molar-refractivity contribution in [2.24, 2.45) is 12.5 Å². The lowest BCUT2D eigenvalue weighted by Crippen LogP contribution is -2.42. The van der Waals surface area contributed by atoms with E-state index in [0.717, 1.165) is 37.7 Å². The summed E-state index contributed by atoms with van der Waals surface area (Å²) in [5.41, 5.74) is 0.207. The number of aromatic nitrogens is 3. The van der Waals surface area contributed by atoms with Crippen molar-refractivity contribution < 1.29 is 9.72 Å². The Hall–Kier alpha value is -2.46. The molecule has 1 aromatic carbocycles. The van der Waals surface area contributed by atoms with Crippen LogP contribution in [0.5, 0.6) is 0 Å². The Morgan fingerprint density at radius 2 is 2.19 bits per heavy atom. The Labute approximate surface area is 161 Å². The largest absolute Gasteiger partial charge is 0.351 e. The molecule has 27 heavy (non-hydrogen) atoms. The van der Waals surface area contributed by atoms with Gasteiger partial charge in [-0.25, -0.2) is 0 Å². The van der Waals surface area contributed by atoms with Crippen LogP contribution in [0, 0.1) is 15.5 Å². The second-order valence-electron chi connectivity index (χ2n) is 7.01. The average Bonchev–Trinajstić information content (AvgIpc) is 3.05. The van der Waals surface area contributed by atoms with Gasteiger partial charge in [-0.05, 0) is 55.2 Å². The van der Waals surface area contributed by atoms with Gasteiger partial charge in [-0.1, -0.05) is 6.92 Å². The predicted octanol–water partition coefficient (Wildman–Crippen LogP) is 1.99. The number of amides is 1. The third-order valence-electron chi connectivity index (χ3n) is 4.78. The number of nitrogens with one attached hydrogen (secondary N) is 2. The van der Waals surface area contributed by atoms with Crippen LogP contribution >= 0.6 is 11.8 Å². The van der Waals surface area contributed by atoms with Gasteiger partial charge >= 0.3 is 0 Å². The van der Waals surface area contributed by atoms with Crippen LogP contribution in [0.2, 0.25) is 0 Å². The fourth-order valence-corrected chi connectivity index (χ4v) is 3.80. The lowest BCUT2D eigenvalue weighted by Gasteiger charge is -2.34.